The van der Waals surface area contributed by atoms with E-state index in [1.54, 1.807) is 9.19 Å². The fourth-order valence-electron chi connectivity index (χ4n) is 1.39. The van der Waals surface area contributed by atoms with Gasteiger partial charge in [-0.2, -0.15) is 0 Å². The van der Waals surface area contributed by atoms with Gasteiger partial charge in [-0.05, 0) is 24.5 Å². The van der Waals surface area contributed by atoms with Gasteiger partial charge >= 0.3 is 0 Å². The van der Waals surface area contributed by atoms with E-state index in [2.05, 4.69) is 13.2 Å². The summed E-state index contributed by atoms with van der Waals surface area (Å²) in [6.07, 6.45) is 5.29. The summed E-state index contributed by atoms with van der Waals surface area (Å²) < 4.78 is 1.65. The van der Waals surface area contributed by atoms with Crippen molar-refractivity contribution in [3.05, 3.63) is 36.6 Å². The molecule has 15 heavy (non-hydrogen) atoms. The zero-order chi connectivity index (χ0) is 10.7. The molecule has 0 radical (unpaired) electrons. The molecule has 0 saturated carbocycles. The van der Waals surface area contributed by atoms with E-state index in [4.69, 9.17) is 0 Å². The van der Waals surface area contributed by atoms with Crippen LogP contribution in [-0.4, -0.2) is 9.02 Å². The molecule has 0 aliphatic carbocycles. The Kier molecular flexibility index (Phi) is 5.87. The first kappa shape index (κ1) is 14.4. The molecule has 0 aromatic rings. The largest absolute Gasteiger partial charge is 0.273 e. The highest BCUT2D eigenvalue weighted by Gasteiger charge is 2.26. The van der Waals surface area contributed by atoms with Crippen LogP contribution in [0.2, 0.25) is 0 Å². The molecule has 0 spiro atoms. The first-order chi connectivity index (χ1) is 6.57. The number of carbonyl (C=O) groups excluding carboxylic acids is 1. The maximum atomic E-state index is 11.8. The molecule has 1 unspecified atom stereocenters. The standard InChI is InChI=1S/C11H14INO.CH4/c1-4-5-10-8(2)6-7-9(3)11(14)13(10)12;/h4-5,9H,1-2,6-7H2,3H3;1H4/b10-5+;. The molecule has 0 aromatic carbocycles. The summed E-state index contributed by atoms with van der Waals surface area (Å²) in [7, 11) is 0. The molecule has 1 atom stereocenters. The van der Waals surface area contributed by atoms with Gasteiger partial charge in [-0.1, -0.05) is 33.6 Å². The quantitative estimate of drug-likeness (QED) is 0.531. The molecule has 1 rings (SSSR count). The van der Waals surface area contributed by atoms with E-state index in [9.17, 15) is 4.79 Å². The molecular weight excluding hydrogens is 301 g/mol. The Hall–Kier alpha value is -0.580. The third-order valence-corrected chi connectivity index (χ3v) is 3.34. The number of nitrogens with zero attached hydrogens (tertiary/aromatic N) is 1. The van der Waals surface area contributed by atoms with Crippen LogP contribution in [-0.2, 0) is 4.79 Å². The summed E-state index contributed by atoms with van der Waals surface area (Å²) in [4.78, 5) is 11.8. The predicted molar refractivity (Wildman–Crippen MR) is 73.4 cm³/mol. The van der Waals surface area contributed by atoms with Crippen molar-refractivity contribution in [2.45, 2.75) is 27.2 Å². The van der Waals surface area contributed by atoms with Gasteiger partial charge in [-0.15, -0.1) is 0 Å². The van der Waals surface area contributed by atoms with Crippen molar-refractivity contribution in [3.63, 3.8) is 0 Å². The summed E-state index contributed by atoms with van der Waals surface area (Å²) in [5.74, 6) is 0.233. The summed E-state index contributed by atoms with van der Waals surface area (Å²) in [6.45, 7) is 9.57. The Labute approximate surface area is 106 Å². The minimum absolute atomic E-state index is 0. The number of carbonyl (C=O) groups is 1. The van der Waals surface area contributed by atoms with E-state index in [0.717, 1.165) is 24.1 Å². The second kappa shape index (κ2) is 6.10. The molecule has 1 amide bonds. The Morgan fingerprint density at radius 2 is 2.20 bits per heavy atom. The van der Waals surface area contributed by atoms with E-state index in [1.807, 2.05) is 35.9 Å². The Morgan fingerprint density at radius 3 is 2.73 bits per heavy atom. The Balaban J connectivity index is 0.00000196. The van der Waals surface area contributed by atoms with Crippen molar-refractivity contribution in [2.24, 2.45) is 5.92 Å². The molecule has 1 saturated heterocycles. The van der Waals surface area contributed by atoms with Crippen molar-refractivity contribution in [3.8, 4) is 0 Å². The normalized spacial score (nSPS) is 24.8. The van der Waals surface area contributed by atoms with Crippen LogP contribution in [0, 0.1) is 5.92 Å². The van der Waals surface area contributed by atoms with Crippen molar-refractivity contribution in [1.29, 1.82) is 0 Å². The number of amides is 1. The van der Waals surface area contributed by atoms with Gasteiger partial charge in [0.1, 0.15) is 0 Å². The second-order valence-corrected chi connectivity index (χ2v) is 4.41. The number of hydrogen-bond donors (Lipinski definition) is 0. The molecule has 0 N–H and O–H groups in total. The van der Waals surface area contributed by atoms with E-state index >= 15 is 0 Å². The molecule has 84 valence electrons. The van der Waals surface area contributed by atoms with Gasteiger partial charge in [0.05, 0.1) is 28.6 Å². The summed E-state index contributed by atoms with van der Waals surface area (Å²) >= 11 is 2.03. The molecule has 0 aromatic heterocycles. The summed E-state index contributed by atoms with van der Waals surface area (Å²) in [5, 5.41) is 0. The Morgan fingerprint density at radius 1 is 1.60 bits per heavy atom. The predicted octanol–water partition coefficient (Wildman–Crippen LogP) is 3.86. The second-order valence-electron chi connectivity index (χ2n) is 3.45. The lowest BCUT2D eigenvalue weighted by atomic mass is 10.0. The smallest absolute Gasteiger partial charge is 0.238 e. The minimum Gasteiger partial charge on any atom is -0.273 e. The zero-order valence-electron chi connectivity index (χ0n) is 8.29. The van der Waals surface area contributed by atoms with Crippen LogP contribution in [0.25, 0.3) is 0 Å². The lowest BCUT2D eigenvalue weighted by molar-refractivity contribution is -0.127. The highest BCUT2D eigenvalue weighted by molar-refractivity contribution is 14.1. The molecule has 3 heteroatoms. The maximum absolute atomic E-state index is 11.8. The average Bonchev–Trinajstić information content (AvgIpc) is 2.25. The fraction of sp³-hybridized carbons (Fsp3) is 0.417. The van der Waals surface area contributed by atoms with E-state index in [1.165, 1.54) is 0 Å². The fourth-order valence-corrected chi connectivity index (χ4v) is 2.37. The van der Waals surface area contributed by atoms with Crippen molar-refractivity contribution >= 4 is 28.8 Å². The van der Waals surface area contributed by atoms with Crippen LogP contribution < -0.4 is 0 Å². The number of rotatable bonds is 1. The molecule has 1 aliphatic rings. The van der Waals surface area contributed by atoms with E-state index < -0.39 is 0 Å². The molecule has 1 heterocycles. The first-order valence-electron chi connectivity index (χ1n) is 4.58. The molecule has 1 fully saturated rings. The summed E-state index contributed by atoms with van der Waals surface area (Å²) in [5.41, 5.74) is 1.90. The van der Waals surface area contributed by atoms with E-state index in [0.29, 0.717) is 0 Å². The molecular formula is C12H18INO. The average molecular weight is 319 g/mol. The van der Waals surface area contributed by atoms with Crippen LogP contribution in [0.1, 0.15) is 27.2 Å². The van der Waals surface area contributed by atoms with Crippen LogP contribution in [0.5, 0.6) is 0 Å². The first-order valence-corrected chi connectivity index (χ1v) is 5.55. The van der Waals surface area contributed by atoms with Crippen LogP contribution in [0.15, 0.2) is 36.6 Å². The van der Waals surface area contributed by atoms with Crippen molar-refractivity contribution in [2.75, 3.05) is 0 Å². The van der Waals surface area contributed by atoms with Gasteiger partial charge in [0, 0.05) is 5.92 Å². The van der Waals surface area contributed by atoms with Crippen LogP contribution >= 0.6 is 22.9 Å². The van der Waals surface area contributed by atoms with Crippen molar-refractivity contribution in [1.82, 2.24) is 3.11 Å². The van der Waals surface area contributed by atoms with Crippen LogP contribution in [0.4, 0.5) is 0 Å². The third-order valence-electron chi connectivity index (χ3n) is 2.34. The SMILES string of the molecule is C.C=C/C=C1\C(=C)CCC(C)C(=O)N1I. The number of halogens is 1. The maximum Gasteiger partial charge on any atom is 0.238 e. The lowest BCUT2D eigenvalue weighted by Gasteiger charge is -2.17. The highest BCUT2D eigenvalue weighted by atomic mass is 127. The topological polar surface area (TPSA) is 20.3 Å². The van der Waals surface area contributed by atoms with E-state index in [-0.39, 0.29) is 19.3 Å². The third kappa shape index (κ3) is 3.19. The zero-order valence-corrected chi connectivity index (χ0v) is 10.5. The minimum atomic E-state index is 0. The number of hydrogen-bond acceptors (Lipinski definition) is 1. The molecule has 0 bridgehead atoms. The van der Waals surface area contributed by atoms with Gasteiger partial charge in [0.2, 0.25) is 5.91 Å². The van der Waals surface area contributed by atoms with Crippen LogP contribution in [0.3, 0.4) is 0 Å². The molecule has 2 nitrogen and oxygen atoms in total. The van der Waals surface area contributed by atoms with Gasteiger partial charge in [-0.3, -0.25) is 7.91 Å². The van der Waals surface area contributed by atoms with Gasteiger partial charge in [-0.25, -0.2) is 0 Å². The lowest BCUT2D eigenvalue weighted by Crippen LogP contribution is -2.23. The van der Waals surface area contributed by atoms with Gasteiger partial charge in [0.25, 0.3) is 0 Å². The van der Waals surface area contributed by atoms with Gasteiger partial charge in [0.15, 0.2) is 0 Å². The Bertz CT molecular complexity index is 307. The monoisotopic (exact) mass is 319 g/mol. The highest BCUT2D eigenvalue weighted by Crippen LogP contribution is 2.30. The van der Waals surface area contributed by atoms with Gasteiger partial charge < -0.3 is 0 Å². The molecule has 1 aliphatic heterocycles. The van der Waals surface area contributed by atoms with Crippen molar-refractivity contribution < 1.29 is 4.79 Å². The number of allylic oxidation sites excluding steroid dienone is 3. The summed E-state index contributed by atoms with van der Waals surface area (Å²) in [6, 6.07) is 0.